The quantitative estimate of drug-likeness (QED) is 0.796. The van der Waals surface area contributed by atoms with Crippen LogP contribution in [0.2, 0.25) is 0 Å². The molecule has 0 aliphatic carbocycles. The molecule has 0 bridgehead atoms. The molecule has 0 amide bonds. The van der Waals surface area contributed by atoms with E-state index in [2.05, 4.69) is 41.3 Å². The van der Waals surface area contributed by atoms with Crippen molar-refractivity contribution in [3.05, 3.63) is 11.9 Å². The topological polar surface area (TPSA) is 46.0 Å². The zero-order valence-electron chi connectivity index (χ0n) is 10.4. The van der Waals surface area contributed by atoms with Gasteiger partial charge in [-0.15, -0.1) is 5.10 Å². The van der Waals surface area contributed by atoms with Gasteiger partial charge in [-0.2, -0.15) is 0 Å². The molecule has 2 heterocycles. The van der Waals surface area contributed by atoms with Crippen LogP contribution < -0.4 is 5.32 Å². The Morgan fingerprint density at radius 2 is 2.06 bits per heavy atom. The van der Waals surface area contributed by atoms with E-state index < -0.39 is 0 Å². The van der Waals surface area contributed by atoms with Gasteiger partial charge in [-0.3, -0.25) is 4.90 Å². The van der Waals surface area contributed by atoms with Crippen LogP contribution >= 0.6 is 0 Å². The molecule has 0 atom stereocenters. The second-order valence-corrected chi connectivity index (χ2v) is 5.13. The van der Waals surface area contributed by atoms with Crippen molar-refractivity contribution in [2.75, 3.05) is 32.7 Å². The molecule has 5 nitrogen and oxygen atoms in total. The Kier molecular flexibility index (Phi) is 3.25. The van der Waals surface area contributed by atoms with Gasteiger partial charge in [-0.1, -0.05) is 5.21 Å². The van der Waals surface area contributed by atoms with Crippen LogP contribution in [0.5, 0.6) is 0 Å². The minimum atomic E-state index is 0.0118. The Labute approximate surface area is 96.8 Å². The second-order valence-electron chi connectivity index (χ2n) is 5.13. The summed E-state index contributed by atoms with van der Waals surface area (Å²) in [7, 11) is 0. The standard InChI is InChI=1S/C11H21N5/c1-10-8-13-14-16(10)11(2,3)9-15-6-4-12-5-7-15/h8,12H,4-7,9H2,1-3H3. The van der Waals surface area contributed by atoms with Crippen LogP contribution in [0.25, 0.3) is 0 Å². The first-order valence-electron chi connectivity index (χ1n) is 5.90. The van der Waals surface area contributed by atoms with Gasteiger partial charge in [0.25, 0.3) is 0 Å². The van der Waals surface area contributed by atoms with Crippen molar-refractivity contribution in [3.8, 4) is 0 Å². The molecular formula is C11H21N5. The molecule has 0 aromatic carbocycles. The highest BCUT2D eigenvalue weighted by Gasteiger charge is 2.26. The third-order valence-corrected chi connectivity index (χ3v) is 3.11. The van der Waals surface area contributed by atoms with Crippen LogP contribution in [0.3, 0.4) is 0 Å². The van der Waals surface area contributed by atoms with E-state index in [9.17, 15) is 0 Å². The number of aryl methyl sites for hydroxylation is 1. The lowest BCUT2D eigenvalue weighted by Crippen LogP contribution is -2.49. The smallest absolute Gasteiger partial charge is 0.0722 e. The van der Waals surface area contributed by atoms with Gasteiger partial charge in [0.15, 0.2) is 0 Å². The summed E-state index contributed by atoms with van der Waals surface area (Å²) in [4.78, 5) is 2.48. The van der Waals surface area contributed by atoms with Crippen LogP contribution in [-0.4, -0.2) is 52.6 Å². The molecule has 1 aliphatic rings. The summed E-state index contributed by atoms with van der Waals surface area (Å²) in [5.41, 5.74) is 1.14. The summed E-state index contributed by atoms with van der Waals surface area (Å²) in [5.74, 6) is 0. The van der Waals surface area contributed by atoms with Gasteiger partial charge >= 0.3 is 0 Å². The minimum absolute atomic E-state index is 0.0118. The third kappa shape index (κ3) is 2.41. The number of nitrogens with one attached hydrogen (secondary N) is 1. The van der Waals surface area contributed by atoms with Crippen LogP contribution in [0.4, 0.5) is 0 Å². The zero-order chi connectivity index (χ0) is 11.6. The number of hydrogen-bond donors (Lipinski definition) is 1. The van der Waals surface area contributed by atoms with Gasteiger partial charge < -0.3 is 5.32 Å². The monoisotopic (exact) mass is 223 g/mol. The van der Waals surface area contributed by atoms with Crippen molar-refractivity contribution < 1.29 is 0 Å². The molecule has 1 N–H and O–H groups in total. The Hall–Kier alpha value is -0.940. The maximum absolute atomic E-state index is 4.18. The normalized spacial score (nSPS) is 18.9. The summed E-state index contributed by atoms with van der Waals surface area (Å²) in [6.07, 6.45) is 1.82. The first-order valence-corrected chi connectivity index (χ1v) is 5.90. The lowest BCUT2D eigenvalue weighted by Gasteiger charge is -2.35. The van der Waals surface area contributed by atoms with Gasteiger partial charge in [-0.25, -0.2) is 4.68 Å². The molecule has 90 valence electrons. The summed E-state index contributed by atoms with van der Waals surface area (Å²) >= 11 is 0. The lowest BCUT2D eigenvalue weighted by molar-refractivity contribution is 0.151. The fourth-order valence-electron chi connectivity index (χ4n) is 2.37. The maximum Gasteiger partial charge on any atom is 0.0722 e. The predicted octanol–water partition coefficient (Wildman–Crippen LogP) is 0.227. The van der Waals surface area contributed by atoms with Gasteiger partial charge in [0, 0.05) is 32.7 Å². The first-order chi connectivity index (χ1) is 7.59. The van der Waals surface area contributed by atoms with Gasteiger partial charge in [-0.05, 0) is 20.8 Å². The van der Waals surface area contributed by atoms with E-state index in [0.29, 0.717) is 0 Å². The van der Waals surface area contributed by atoms with Crippen molar-refractivity contribution in [1.29, 1.82) is 0 Å². The molecular weight excluding hydrogens is 202 g/mol. The number of hydrogen-bond acceptors (Lipinski definition) is 4. The molecule has 2 rings (SSSR count). The molecule has 0 spiro atoms. The Morgan fingerprint density at radius 3 is 2.62 bits per heavy atom. The van der Waals surface area contributed by atoms with E-state index in [1.807, 2.05) is 10.9 Å². The number of nitrogens with zero attached hydrogens (tertiary/aromatic N) is 4. The third-order valence-electron chi connectivity index (χ3n) is 3.11. The number of rotatable bonds is 3. The summed E-state index contributed by atoms with van der Waals surface area (Å²) in [6.45, 7) is 11.9. The van der Waals surface area contributed by atoms with Crippen molar-refractivity contribution in [2.45, 2.75) is 26.3 Å². The number of aromatic nitrogens is 3. The molecule has 1 fully saturated rings. The fourth-order valence-corrected chi connectivity index (χ4v) is 2.37. The summed E-state index contributed by atoms with van der Waals surface area (Å²) in [6, 6.07) is 0. The van der Waals surface area contributed by atoms with Crippen molar-refractivity contribution in [3.63, 3.8) is 0 Å². The highest BCUT2D eigenvalue weighted by molar-refractivity contribution is 4.95. The lowest BCUT2D eigenvalue weighted by atomic mass is 10.0. The van der Waals surface area contributed by atoms with Gasteiger partial charge in [0.05, 0.1) is 17.4 Å². The Balaban J connectivity index is 2.04. The Morgan fingerprint density at radius 1 is 1.38 bits per heavy atom. The number of piperazine rings is 1. The summed E-state index contributed by atoms with van der Waals surface area (Å²) < 4.78 is 2.02. The molecule has 0 saturated carbocycles. The largest absolute Gasteiger partial charge is 0.314 e. The Bertz CT molecular complexity index is 338. The average molecular weight is 223 g/mol. The van der Waals surface area contributed by atoms with Crippen molar-refractivity contribution in [1.82, 2.24) is 25.2 Å². The molecule has 1 aromatic rings. The van der Waals surface area contributed by atoms with Crippen LogP contribution in [-0.2, 0) is 5.54 Å². The van der Waals surface area contributed by atoms with E-state index in [4.69, 9.17) is 0 Å². The molecule has 0 unspecified atom stereocenters. The van der Waals surface area contributed by atoms with Crippen molar-refractivity contribution in [2.24, 2.45) is 0 Å². The van der Waals surface area contributed by atoms with Crippen LogP contribution in [0, 0.1) is 6.92 Å². The van der Waals surface area contributed by atoms with E-state index in [1.165, 1.54) is 0 Å². The van der Waals surface area contributed by atoms with E-state index >= 15 is 0 Å². The molecule has 0 radical (unpaired) electrons. The first kappa shape index (κ1) is 11.5. The molecule has 1 aromatic heterocycles. The molecule has 1 aliphatic heterocycles. The zero-order valence-corrected chi connectivity index (χ0v) is 10.4. The molecule has 16 heavy (non-hydrogen) atoms. The second kappa shape index (κ2) is 4.51. The highest BCUT2D eigenvalue weighted by Crippen LogP contribution is 2.17. The van der Waals surface area contributed by atoms with Gasteiger partial charge in [0.2, 0.25) is 0 Å². The van der Waals surface area contributed by atoms with Crippen LogP contribution in [0.15, 0.2) is 6.20 Å². The van der Waals surface area contributed by atoms with Crippen LogP contribution in [0.1, 0.15) is 19.5 Å². The van der Waals surface area contributed by atoms with E-state index in [0.717, 1.165) is 38.4 Å². The average Bonchev–Trinajstić information content (AvgIpc) is 2.66. The van der Waals surface area contributed by atoms with E-state index in [1.54, 1.807) is 0 Å². The van der Waals surface area contributed by atoms with Crippen molar-refractivity contribution >= 4 is 0 Å². The van der Waals surface area contributed by atoms with E-state index in [-0.39, 0.29) is 5.54 Å². The predicted molar refractivity (Wildman–Crippen MR) is 63.4 cm³/mol. The highest BCUT2D eigenvalue weighted by atomic mass is 15.5. The van der Waals surface area contributed by atoms with Gasteiger partial charge in [0.1, 0.15) is 0 Å². The molecule has 5 heteroatoms. The minimum Gasteiger partial charge on any atom is -0.314 e. The molecule has 1 saturated heterocycles. The fraction of sp³-hybridized carbons (Fsp3) is 0.818. The summed E-state index contributed by atoms with van der Waals surface area (Å²) in [5, 5.41) is 11.5. The SMILES string of the molecule is Cc1cnnn1C(C)(C)CN1CCNCC1. The maximum atomic E-state index is 4.18.